The van der Waals surface area contributed by atoms with Crippen LogP contribution in [0.5, 0.6) is 0 Å². The zero-order chi connectivity index (χ0) is 8.10. The Morgan fingerprint density at radius 3 is 2.46 bits per heavy atom. The van der Waals surface area contributed by atoms with Crippen LogP contribution in [-0.2, 0) is 5.75 Å². The lowest BCUT2D eigenvalue weighted by Crippen LogP contribution is -2.01. The third-order valence-corrected chi connectivity index (χ3v) is 2.91. The maximum atomic E-state index is 5.39. The molecular formula is C5H12Br2N4S2. The summed E-state index contributed by atoms with van der Waals surface area (Å²) in [6.07, 6.45) is 0. The van der Waals surface area contributed by atoms with Crippen molar-refractivity contribution in [2.24, 2.45) is 5.73 Å². The van der Waals surface area contributed by atoms with E-state index in [0.717, 1.165) is 16.5 Å². The number of hydrogen-bond donors (Lipinski definition) is 2. The molecular weight excluding hydrogens is 340 g/mol. The van der Waals surface area contributed by atoms with E-state index >= 15 is 0 Å². The van der Waals surface area contributed by atoms with Gasteiger partial charge in [0.15, 0.2) is 0 Å². The highest BCUT2D eigenvalue weighted by Crippen LogP contribution is 2.16. The lowest BCUT2D eigenvalue weighted by atomic mass is 10.8. The van der Waals surface area contributed by atoms with Gasteiger partial charge in [-0.15, -0.1) is 44.2 Å². The average Bonchev–Trinajstić information content (AvgIpc) is 2.37. The first-order valence-corrected chi connectivity index (χ1v) is 5.15. The van der Waals surface area contributed by atoms with Gasteiger partial charge < -0.3 is 11.5 Å². The Morgan fingerprint density at radius 2 is 2.00 bits per heavy atom. The van der Waals surface area contributed by atoms with Crippen LogP contribution >= 0.6 is 57.1 Å². The second-order valence-corrected chi connectivity index (χ2v) is 4.07. The molecule has 0 aliphatic heterocycles. The highest BCUT2D eigenvalue weighted by atomic mass is 79.9. The third-order valence-electron chi connectivity index (χ3n) is 0.970. The van der Waals surface area contributed by atoms with E-state index in [1.54, 1.807) is 11.8 Å². The van der Waals surface area contributed by atoms with Crippen molar-refractivity contribution in [2.75, 3.05) is 18.0 Å². The van der Waals surface area contributed by atoms with Gasteiger partial charge in [0.1, 0.15) is 5.01 Å². The third kappa shape index (κ3) is 6.67. The number of thioether (sulfide) groups is 1. The molecule has 0 unspecified atom stereocenters. The molecule has 0 aliphatic carbocycles. The minimum atomic E-state index is 0. The van der Waals surface area contributed by atoms with Gasteiger partial charge in [0.2, 0.25) is 5.13 Å². The van der Waals surface area contributed by atoms with E-state index in [1.165, 1.54) is 11.3 Å². The van der Waals surface area contributed by atoms with Gasteiger partial charge in [0, 0.05) is 18.1 Å². The predicted octanol–water partition coefficient (Wildman–Crippen LogP) is 1.47. The second kappa shape index (κ2) is 9.20. The zero-order valence-electron chi connectivity index (χ0n) is 6.80. The first kappa shape index (κ1) is 16.1. The van der Waals surface area contributed by atoms with Gasteiger partial charge in [-0.25, -0.2) is 0 Å². The molecule has 78 valence electrons. The van der Waals surface area contributed by atoms with E-state index in [1.807, 2.05) is 0 Å². The molecule has 0 saturated heterocycles. The standard InChI is InChI=1S/C5H10N4S2.2BrH/c6-1-2-10-3-4-8-9-5(7)11-4;;/h1-3,6H2,(H2,7,9);2*1H. The van der Waals surface area contributed by atoms with Gasteiger partial charge in [0.25, 0.3) is 0 Å². The number of aromatic nitrogens is 2. The summed E-state index contributed by atoms with van der Waals surface area (Å²) in [4.78, 5) is 0. The molecule has 0 spiro atoms. The highest BCUT2D eigenvalue weighted by Gasteiger charge is 1.99. The number of nitrogens with zero attached hydrogens (tertiary/aromatic N) is 2. The Kier molecular flexibility index (Phi) is 11.4. The largest absolute Gasteiger partial charge is 0.374 e. The van der Waals surface area contributed by atoms with Crippen LogP contribution in [0.2, 0.25) is 0 Å². The van der Waals surface area contributed by atoms with E-state index < -0.39 is 0 Å². The molecule has 4 N–H and O–H groups in total. The topological polar surface area (TPSA) is 77.8 Å². The molecule has 0 amide bonds. The Morgan fingerprint density at radius 1 is 1.31 bits per heavy atom. The summed E-state index contributed by atoms with van der Waals surface area (Å²) in [5.74, 6) is 1.82. The molecule has 13 heavy (non-hydrogen) atoms. The molecule has 0 bridgehead atoms. The predicted molar refractivity (Wildman–Crippen MR) is 70.2 cm³/mol. The lowest BCUT2D eigenvalue weighted by molar-refractivity contribution is 1.04. The molecule has 0 aromatic carbocycles. The van der Waals surface area contributed by atoms with Crippen molar-refractivity contribution >= 4 is 62.2 Å². The lowest BCUT2D eigenvalue weighted by Gasteiger charge is -1.92. The van der Waals surface area contributed by atoms with Gasteiger partial charge in [-0.2, -0.15) is 11.8 Å². The van der Waals surface area contributed by atoms with Crippen LogP contribution in [0.4, 0.5) is 5.13 Å². The number of rotatable bonds is 4. The summed E-state index contributed by atoms with van der Waals surface area (Å²) < 4.78 is 0. The SMILES string of the molecule is Br.Br.NCCSCc1nnc(N)s1. The monoisotopic (exact) mass is 350 g/mol. The Hall–Kier alpha value is 0.630. The van der Waals surface area contributed by atoms with Gasteiger partial charge >= 0.3 is 0 Å². The van der Waals surface area contributed by atoms with Gasteiger partial charge in [-0.1, -0.05) is 11.3 Å². The quantitative estimate of drug-likeness (QED) is 0.803. The summed E-state index contributed by atoms with van der Waals surface area (Å²) in [7, 11) is 0. The Bertz CT molecular complexity index is 220. The Labute approximate surface area is 106 Å². The molecule has 1 aromatic rings. The van der Waals surface area contributed by atoms with E-state index in [0.29, 0.717) is 11.7 Å². The summed E-state index contributed by atoms with van der Waals surface area (Å²) in [5.41, 5.74) is 10.7. The molecule has 0 saturated carbocycles. The van der Waals surface area contributed by atoms with Crippen LogP contribution < -0.4 is 11.5 Å². The van der Waals surface area contributed by atoms with Crippen molar-refractivity contribution in [3.8, 4) is 0 Å². The summed E-state index contributed by atoms with van der Waals surface area (Å²) in [6, 6.07) is 0. The summed E-state index contributed by atoms with van der Waals surface area (Å²) in [6.45, 7) is 0.707. The molecule has 4 nitrogen and oxygen atoms in total. The van der Waals surface area contributed by atoms with Crippen molar-refractivity contribution in [3.05, 3.63) is 5.01 Å². The number of nitrogen functional groups attached to an aromatic ring is 1. The highest BCUT2D eigenvalue weighted by molar-refractivity contribution is 8.93. The van der Waals surface area contributed by atoms with Crippen molar-refractivity contribution in [3.63, 3.8) is 0 Å². The fraction of sp³-hybridized carbons (Fsp3) is 0.600. The van der Waals surface area contributed by atoms with Crippen LogP contribution in [0, 0.1) is 0 Å². The summed E-state index contributed by atoms with van der Waals surface area (Å²) >= 11 is 3.18. The fourth-order valence-corrected chi connectivity index (χ4v) is 2.00. The number of hydrogen-bond acceptors (Lipinski definition) is 6. The van der Waals surface area contributed by atoms with E-state index in [9.17, 15) is 0 Å². The zero-order valence-corrected chi connectivity index (χ0v) is 11.9. The Balaban J connectivity index is 0. The maximum absolute atomic E-state index is 5.39. The normalized spacial score (nSPS) is 8.69. The van der Waals surface area contributed by atoms with Gasteiger partial charge in [-0.3, -0.25) is 0 Å². The van der Waals surface area contributed by atoms with E-state index in [-0.39, 0.29) is 34.0 Å². The minimum Gasteiger partial charge on any atom is -0.374 e. The van der Waals surface area contributed by atoms with Crippen LogP contribution in [0.3, 0.4) is 0 Å². The van der Waals surface area contributed by atoms with Crippen molar-refractivity contribution < 1.29 is 0 Å². The number of nitrogens with two attached hydrogens (primary N) is 2. The van der Waals surface area contributed by atoms with Crippen LogP contribution in [0.15, 0.2) is 0 Å². The van der Waals surface area contributed by atoms with Crippen LogP contribution in [0.1, 0.15) is 5.01 Å². The molecule has 1 heterocycles. The van der Waals surface area contributed by atoms with Crippen molar-refractivity contribution in [2.45, 2.75) is 5.75 Å². The molecule has 0 atom stereocenters. The molecule has 8 heteroatoms. The molecule has 0 radical (unpaired) electrons. The van der Waals surface area contributed by atoms with Gasteiger partial charge in [-0.05, 0) is 0 Å². The smallest absolute Gasteiger partial charge is 0.203 e. The summed E-state index contributed by atoms with van der Waals surface area (Å²) in [5, 5.41) is 9.08. The fourth-order valence-electron chi connectivity index (χ4n) is 0.568. The molecule has 0 aliphatic rings. The van der Waals surface area contributed by atoms with Crippen molar-refractivity contribution in [1.29, 1.82) is 0 Å². The average molecular weight is 352 g/mol. The van der Waals surface area contributed by atoms with E-state index in [4.69, 9.17) is 11.5 Å². The molecule has 0 fully saturated rings. The first-order valence-electron chi connectivity index (χ1n) is 3.18. The number of anilines is 1. The minimum absolute atomic E-state index is 0. The maximum Gasteiger partial charge on any atom is 0.203 e. The molecule has 1 rings (SSSR count). The van der Waals surface area contributed by atoms with Crippen molar-refractivity contribution in [1.82, 2.24) is 10.2 Å². The van der Waals surface area contributed by atoms with Crippen LogP contribution in [0.25, 0.3) is 0 Å². The second-order valence-electron chi connectivity index (χ2n) is 1.88. The van der Waals surface area contributed by atoms with Crippen LogP contribution in [-0.4, -0.2) is 22.5 Å². The number of halogens is 2. The molecule has 1 aromatic heterocycles. The van der Waals surface area contributed by atoms with Gasteiger partial charge in [0.05, 0.1) is 0 Å². The first-order chi connectivity index (χ1) is 5.33. The van der Waals surface area contributed by atoms with E-state index in [2.05, 4.69) is 10.2 Å².